The molecule has 3 aromatic rings. The van der Waals surface area contributed by atoms with Gasteiger partial charge in [0.15, 0.2) is 0 Å². The van der Waals surface area contributed by atoms with E-state index in [0.717, 1.165) is 0 Å². The average molecular weight is 366 g/mol. The van der Waals surface area contributed by atoms with Gasteiger partial charge in [0.25, 0.3) is 0 Å². The Kier molecular flexibility index (Phi) is 5.46. The molecule has 3 rings (SSSR count). The van der Waals surface area contributed by atoms with Crippen LogP contribution in [0.1, 0.15) is 25.8 Å². The zero-order valence-electron chi connectivity index (χ0n) is 14.8. The highest BCUT2D eigenvalue weighted by molar-refractivity contribution is 5.86. The van der Waals surface area contributed by atoms with Crippen LogP contribution in [0.25, 0.3) is 11.4 Å². The molecule has 1 atom stereocenters. The number of hydrogen-bond acceptors (Lipinski definition) is 6. The molecule has 1 unspecified atom stereocenters. The third kappa shape index (κ3) is 4.91. The summed E-state index contributed by atoms with van der Waals surface area (Å²) in [4.78, 5) is 27.3. The summed E-state index contributed by atoms with van der Waals surface area (Å²) in [6.45, 7) is 3.17. The summed E-state index contributed by atoms with van der Waals surface area (Å²) in [5, 5.41) is 9.23. The maximum Gasteiger partial charge on any atom is 0.417 e. The number of hydrogen-bond donors (Lipinski definition) is 2. The molecular weight excluding hydrogens is 348 g/mol. The number of anilines is 1. The van der Waals surface area contributed by atoms with E-state index in [2.05, 4.69) is 20.8 Å². The van der Waals surface area contributed by atoms with Crippen molar-refractivity contribution in [2.75, 3.05) is 5.32 Å². The molecule has 1 heterocycles. The first-order valence-corrected chi connectivity index (χ1v) is 8.26. The standard InChI is InChI=1S/C19H18N4O4/c1-12(20-13(2)24)18-22-17(23-27-18)14-8-10-15(11-9-14)21-19(25)26-16-6-4-3-5-7-16/h3-12H,1-2H3,(H,20,24)(H,21,25). The molecule has 0 aliphatic heterocycles. The molecule has 0 aliphatic carbocycles. The van der Waals surface area contributed by atoms with Crippen LogP contribution in [0.15, 0.2) is 59.1 Å². The number of aromatic nitrogens is 2. The van der Waals surface area contributed by atoms with E-state index in [-0.39, 0.29) is 11.9 Å². The Morgan fingerprint density at radius 3 is 2.44 bits per heavy atom. The Morgan fingerprint density at radius 2 is 1.78 bits per heavy atom. The lowest BCUT2D eigenvalue weighted by Crippen LogP contribution is -2.23. The van der Waals surface area contributed by atoms with Crippen LogP contribution in [-0.4, -0.2) is 22.1 Å². The summed E-state index contributed by atoms with van der Waals surface area (Å²) >= 11 is 0. The van der Waals surface area contributed by atoms with Crippen LogP contribution in [0, 0.1) is 0 Å². The largest absolute Gasteiger partial charge is 0.417 e. The van der Waals surface area contributed by atoms with Crippen molar-refractivity contribution < 1.29 is 18.8 Å². The molecule has 0 aliphatic rings. The average Bonchev–Trinajstić information content (AvgIpc) is 3.13. The van der Waals surface area contributed by atoms with Gasteiger partial charge in [0.05, 0.1) is 0 Å². The topological polar surface area (TPSA) is 106 Å². The van der Waals surface area contributed by atoms with E-state index in [1.54, 1.807) is 55.5 Å². The van der Waals surface area contributed by atoms with Crippen molar-refractivity contribution in [1.82, 2.24) is 15.5 Å². The number of nitrogens with zero attached hydrogens (tertiary/aromatic N) is 2. The third-order valence-corrected chi connectivity index (χ3v) is 3.58. The van der Waals surface area contributed by atoms with Gasteiger partial charge >= 0.3 is 6.09 Å². The summed E-state index contributed by atoms with van der Waals surface area (Å²) in [7, 11) is 0. The van der Waals surface area contributed by atoms with Crippen molar-refractivity contribution in [3.8, 4) is 17.1 Å². The lowest BCUT2D eigenvalue weighted by atomic mass is 10.2. The molecule has 27 heavy (non-hydrogen) atoms. The minimum Gasteiger partial charge on any atom is -0.410 e. The van der Waals surface area contributed by atoms with Gasteiger partial charge < -0.3 is 14.6 Å². The predicted octanol–water partition coefficient (Wildman–Crippen LogP) is 3.54. The van der Waals surface area contributed by atoms with Gasteiger partial charge in [0.2, 0.25) is 17.6 Å². The second-order valence-corrected chi connectivity index (χ2v) is 5.78. The fraction of sp³-hybridized carbons (Fsp3) is 0.158. The van der Waals surface area contributed by atoms with E-state index in [0.29, 0.717) is 28.7 Å². The Morgan fingerprint density at radius 1 is 1.07 bits per heavy atom. The zero-order chi connectivity index (χ0) is 19.2. The Bertz CT molecular complexity index is 922. The summed E-state index contributed by atoms with van der Waals surface area (Å²) in [6.07, 6.45) is -0.583. The van der Waals surface area contributed by atoms with Crippen LogP contribution in [0.3, 0.4) is 0 Å². The molecule has 0 saturated carbocycles. The molecule has 2 amide bonds. The fourth-order valence-electron chi connectivity index (χ4n) is 2.34. The van der Waals surface area contributed by atoms with Crippen molar-refractivity contribution in [1.29, 1.82) is 0 Å². The van der Waals surface area contributed by atoms with Crippen molar-refractivity contribution in [3.63, 3.8) is 0 Å². The highest BCUT2D eigenvalue weighted by Crippen LogP contribution is 2.21. The number of benzene rings is 2. The van der Waals surface area contributed by atoms with Gasteiger partial charge in [0, 0.05) is 18.2 Å². The first kappa shape index (κ1) is 18.1. The number of nitrogens with one attached hydrogen (secondary N) is 2. The second-order valence-electron chi connectivity index (χ2n) is 5.78. The van der Waals surface area contributed by atoms with E-state index in [1.807, 2.05) is 6.07 Å². The molecule has 138 valence electrons. The van der Waals surface area contributed by atoms with Gasteiger partial charge in [-0.2, -0.15) is 4.98 Å². The molecule has 8 nitrogen and oxygen atoms in total. The van der Waals surface area contributed by atoms with E-state index in [9.17, 15) is 9.59 Å². The SMILES string of the molecule is CC(=O)NC(C)c1nc(-c2ccc(NC(=O)Oc3ccccc3)cc2)no1. The maximum absolute atomic E-state index is 11.9. The minimum absolute atomic E-state index is 0.180. The predicted molar refractivity (Wildman–Crippen MR) is 98.1 cm³/mol. The first-order valence-electron chi connectivity index (χ1n) is 8.26. The Labute approximate surface area is 155 Å². The Hall–Kier alpha value is -3.68. The maximum atomic E-state index is 11.9. The van der Waals surface area contributed by atoms with Gasteiger partial charge in [0.1, 0.15) is 11.8 Å². The smallest absolute Gasteiger partial charge is 0.410 e. The number of carbonyl (C=O) groups is 2. The van der Waals surface area contributed by atoms with Crippen LogP contribution in [0.2, 0.25) is 0 Å². The van der Waals surface area contributed by atoms with Crippen LogP contribution in [-0.2, 0) is 4.79 Å². The first-order chi connectivity index (χ1) is 13.0. The van der Waals surface area contributed by atoms with E-state index in [4.69, 9.17) is 9.26 Å². The van der Waals surface area contributed by atoms with Crippen molar-refractivity contribution in [2.45, 2.75) is 19.9 Å². The number of ether oxygens (including phenoxy) is 1. The second kappa shape index (κ2) is 8.13. The molecule has 0 spiro atoms. The zero-order valence-corrected chi connectivity index (χ0v) is 14.8. The van der Waals surface area contributed by atoms with Crippen molar-refractivity contribution >= 4 is 17.7 Å². The molecule has 2 aromatic carbocycles. The summed E-state index contributed by atoms with van der Waals surface area (Å²) in [5.41, 5.74) is 1.28. The number of rotatable bonds is 5. The van der Waals surface area contributed by atoms with Crippen LogP contribution in [0.5, 0.6) is 5.75 Å². The van der Waals surface area contributed by atoms with Crippen LogP contribution < -0.4 is 15.4 Å². The molecule has 0 bridgehead atoms. The fourth-order valence-corrected chi connectivity index (χ4v) is 2.34. The normalized spacial score (nSPS) is 11.5. The summed E-state index contributed by atoms with van der Waals surface area (Å²) < 4.78 is 10.3. The third-order valence-electron chi connectivity index (χ3n) is 3.58. The summed E-state index contributed by atoms with van der Waals surface area (Å²) in [6, 6.07) is 15.3. The number of carbonyl (C=O) groups excluding carboxylic acids is 2. The van der Waals surface area contributed by atoms with Crippen LogP contribution >= 0.6 is 0 Å². The monoisotopic (exact) mass is 366 g/mol. The molecular formula is C19H18N4O4. The van der Waals surface area contributed by atoms with Crippen molar-refractivity contribution in [2.24, 2.45) is 0 Å². The highest BCUT2D eigenvalue weighted by Gasteiger charge is 2.16. The van der Waals surface area contributed by atoms with Gasteiger partial charge in [-0.05, 0) is 43.3 Å². The van der Waals surface area contributed by atoms with Gasteiger partial charge in [-0.1, -0.05) is 23.4 Å². The molecule has 0 fully saturated rings. The Balaban J connectivity index is 1.62. The number of amides is 2. The van der Waals surface area contributed by atoms with Gasteiger partial charge in [-0.3, -0.25) is 10.1 Å². The van der Waals surface area contributed by atoms with Crippen LogP contribution in [0.4, 0.5) is 10.5 Å². The van der Waals surface area contributed by atoms with E-state index < -0.39 is 6.09 Å². The molecule has 0 saturated heterocycles. The lowest BCUT2D eigenvalue weighted by molar-refractivity contribution is -0.119. The van der Waals surface area contributed by atoms with Gasteiger partial charge in [-0.15, -0.1) is 0 Å². The van der Waals surface area contributed by atoms with Gasteiger partial charge in [-0.25, -0.2) is 4.79 Å². The molecule has 8 heteroatoms. The molecule has 1 aromatic heterocycles. The number of para-hydroxylation sites is 1. The summed E-state index contributed by atoms with van der Waals surface area (Å²) in [5.74, 6) is 0.980. The minimum atomic E-state index is -0.583. The lowest BCUT2D eigenvalue weighted by Gasteiger charge is -2.07. The van der Waals surface area contributed by atoms with E-state index in [1.165, 1.54) is 6.92 Å². The highest BCUT2D eigenvalue weighted by atomic mass is 16.6. The molecule has 0 radical (unpaired) electrons. The van der Waals surface area contributed by atoms with E-state index >= 15 is 0 Å². The molecule has 2 N–H and O–H groups in total. The quantitative estimate of drug-likeness (QED) is 0.715. The van der Waals surface area contributed by atoms with Crippen molar-refractivity contribution in [3.05, 3.63) is 60.5 Å².